The van der Waals surface area contributed by atoms with Gasteiger partial charge in [0.2, 0.25) is 0 Å². The van der Waals surface area contributed by atoms with Crippen molar-refractivity contribution in [1.82, 2.24) is 9.80 Å². The van der Waals surface area contributed by atoms with E-state index in [2.05, 4.69) is 0 Å². The molecule has 0 aromatic carbocycles. The Morgan fingerprint density at radius 3 is 2.33 bits per heavy atom. The summed E-state index contributed by atoms with van der Waals surface area (Å²) in [6.07, 6.45) is -1.86. The molecule has 15 heavy (non-hydrogen) atoms. The molecule has 1 aliphatic rings. The summed E-state index contributed by atoms with van der Waals surface area (Å²) in [4.78, 5) is 23.8. The van der Waals surface area contributed by atoms with E-state index >= 15 is 0 Å². The Bertz CT molecular complexity index is 257. The number of carboxylic acid groups (broad SMARTS) is 2. The first-order valence-electron chi connectivity index (χ1n) is 4.64. The molecule has 7 nitrogen and oxygen atoms in total. The Morgan fingerprint density at radius 2 is 1.87 bits per heavy atom. The third kappa shape index (κ3) is 2.72. The molecule has 3 N–H and O–H groups in total. The highest BCUT2D eigenvalue weighted by Crippen LogP contribution is 2.13. The van der Waals surface area contributed by atoms with E-state index in [4.69, 9.17) is 15.3 Å². The lowest BCUT2D eigenvalue weighted by molar-refractivity contribution is 0.0549. The van der Waals surface area contributed by atoms with Crippen LogP contribution in [0.3, 0.4) is 0 Å². The van der Waals surface area contributed by atoms with Crippen molar-refractivity contribution < 1.29 is 24.9 Å². The molecule has 7 heteroatoms. The molecule has 1 atom stereocenters. The standard InChI is InChI=1S/C8H14N2O5/c11-4-1-6-5-9(7(12)13)2-3-10(6)8(14)15/h6,11H,1-5H2,(H,12,13)(H,14,15). The summed E-state index contributed by atoms with van der Waals surface area (Å²) in [5.41, 5.74) is 0. The van der Waals surface area contributed by atoms with Crippen molar-refractivity contribution >= 4 is 12.2 Å². The maximum absolute atomic E-state index is 10.8. The molecule has 1 rings (SSSR count). The molecule has 0 bridgehead atoms. The van der Waals surface area contributed by atoms with Crippen molar-refractivity contribution in [3.63, 3.8) is 0 Å². The molecule has 1 saturated heterocycles. The zero-order valence-electron chi connectivity index (χ0n) is 8.17. The second kappa shape index (κ2) is 4.83. The Balaban J connectivity index is 2.64. The number of piperazine rings is 1. The maximum atomic E-state index is 10.8. The monoisotopic (exact) mass is 218 g/mol. The van der Waals surface area contributed by atoms with Gasteiger partial charge < -0.3 is 25.1 Å². The Kier molecular flexibility index (Phi) is 3.73. The van der Waals surface area contributed by atoms with Crippen molar-refractivity contribution in [2.75, 3.05) is 26.2 Å². The summed E-state index contributed by atoms with van der Waals surface area (Å²) < 4.78 is 0. The van der Waals surface area contributed by atoms with E-state index in [9.17, 15) is 9.59 Å². The fraction of sp³-hybridized carbons (Fsp3) is 0.750. The third-order valence-electron chi connectivity index (χ3n) is 2.46. The second-order valence-corrected chi connectivity index (χ2v) is 3.37. The number of aliphatic hydroxyl groups excluding tert-OH is 1. The van der Waals surface area contributed by atoms with E-state index in [-0.39, 0.29) is 32.7 Å². The van der Waals surface area contributed by atoms with Crippen LogP contribution in [0.1, 0.15) is 6.42 Å². The van der Waals surface area contributed by atoms with Crippen molar-refractivity contribution in [2.24, 2.45) is 0 Å². The van der Waals surface area contributed by atoms with Gasteiger partial charge >= 0.3 is 12.2 Å². The van der Waals surface area contributed by atoms with Gasteiger partial charge in [-0.15, -0.1) is 0 Å². The van der Waals surface area contributed by atoms with Gasteiger partial charge in [-0.25, -0.2) is 9.59 Å². The fourth-order valence-corrected chi connectivity index (χ4v) is 1.68. The van der Waals surface area contributed by atoms with E-state index in [0.717, 1.165) is 0 Å². The lowest BCUT2D eigenvalue weighted by Crippen LogP contribution is -2.56. The summed E-state index contributed by atoms with van der Waals surface area (Å²) >= 11 is 0. The molecule has 0 saturated carbocycles. The van der Waals surface area contributed by atoms with Gasteiger partial charge in [0, 0.05) is 26.2 Å². The SMILES string of the molecule is O=C(O)N1CCN(C(=O)O)C(CCO)C1. The van der Waals surface area contributed by atoms with Gasteiger partial charge in [0.25, 0.3) is 0 Å². The van der Waals surface area contributed by atoms with Gasteiger partial charge in [-0.05, 0) is 6.42 Å². The van der Waals surface area contributed by atoms with Gasteiger partial charge in [0.1, 0.15) is 0 Å². The normalized spacial score (nSPS) is 21.5. The first kappa shape index (κ1) is 11.6. The quantitative estimate of drug-likeness (QED) is 0.591. The van der Waals surface area contributed by atoms with Crippen LogP contribution in [0.2, 0.25) is 0 Å². The molecule has 0 aliphatic carbocycles. The highest BCUT2D eigenvalue weighted by atomic mass is 16.4. The summed E-state index contributed by atoms with van der Waals surface area (Å²) in [7, 11) is 0. The van der Waals surface area contributed by atoms with Crippen LogP contribution >= 0.6 is 0 Å². The van der Waals surface area contributed by atoms with Crippen molar-refractivity contribution in [2.45, 2.75) is 12.5 Å². The highest BCUT2D eigenvalue weighted by molar-refractivity contribution is 5.68. The van der Waals surface area contributed by atoms with E-state index < -0.39 is 18.2 Å². The minimum absolute atomic E-state index is 0.127. The first-order chi connectivity index (χ1) is 7.06. The summed E-state index contributed by atoms with van der Waals surface area (Å²) in [6, 6.07) is -0.447. The fourth-order valence-electron chi connectivity index (χ4n) is 1.68. The van der Waals surface area contributed by atoms with Gasteiger partial charge in [-0.3, -0.25) is 0 Å². The van der Waals surface area contributed by atoms with Crippen LogP contribution < -0.4 is 0 Å². The van der Waals surface area contributed by atoms with Crippen molar-refractivity contribution in [3.05, 3.63) is 0 Å². The van der Waals surface area contributed by atoms with E-state index in [1.807, 2.05) is 0 Å². The van der Waals surface area contributed by atoms with Gasteiger partial charge in [-0.2, -0.15) is 0 Å². The molecule has 1 unspecified atom stereocenters. The minimum atomic E-state index is -1.07. The topological polar surface area (TPSA) is 101 Å². The van der Waals surface area contributed by atoms with Crippen LogP contribution in [0.4, 0.5) is 9.59 Å². The molecule has 2 amide bonds. The predicted molar refractivity (Wildman–Crippen MR) is 49.8 cm³/mol. The molecule has 1 fully saturated rings. The van der Waals surface area contributed by atoms with E-state index in [1.165, 1.54) is 9.80 Å². The van der Waals surface area contributed by atoms with Crippen LogP contribution in [-0.4, -0.2) is 69.6 Å². The lowest BCUT2D eigenvalue weighted by atomic mass is 10.1. The smallest absolute Gasteiger partial charge is 0.407 e. The van der Waals surface area contributed by atoms with Crippen LogP contribution in [0.5, 0.6) is 0 Å². The molecule has 0 aromatic heterocycles. The molecule has 0 spiro atoms. The molecule has 86 valence electrons. The lowest BCUT2D eigenvalue weighted by Gasteiger charge is -2.38. The zero-order valence-corrected chi connectivity index (χ0v) is 8.17. The minimum Gasteiger partial charge on any atom is -0.465 e. The van der Waals surface area contributed by atoms with Crippen LogP contribution in [0.15, 0.2) is 0 Å². The number of nitrogens with zero attached hydrogens (tertiary/aromatic N) is 2. The molecular weight excluding hydrogens is 204 g/mol. The van der Waals surface area contributed by atoms with Crippen LogP contribution in [-0.2, 0) is 0 Å². The van der Waals surface area contributed by atoms with Gasteiger partial charge in [0.05, 0.1) is 6.04 Å². The Labute approximate surface area is 86.5 Å². The first-order valence-corrected chi connectivity index (χ1v) is 4.64. The number of hydrogen-bond acceptors (Lipinski definition) is 3. The molecular formula is C8H14N2O5. The highest BCUT2D eigenvalue weighted by Gasteiger charge is 2.31. The largest absolute Gasteiger partial charge is 0.465 e. The summed E-state index contributed by atoms with van der Waals surface area (Å²) in [5, 5.41) is 26.3. The number of rotatable bonds is 2. The second-order valence-electron chi connectivity index (χ2n) is 3.37. The average molecular weight is 218 g/mol. The Hall–Kier alpha value is -1.50. The molecule has 0 radical (unpaired) electrons. The molecule has 1 heterocycles. The number of amides is 2. The Morgan fingerprint density at radius 1 is 1.20 bits per heavy atom. The third-order valence-corrected chi connectivity index (χ3v) is 2.46. The van der Waals surface area contributed by atoms with Gasteiger partial charge in [-0.1, -0.05) is 0 Å². The van der Waals surface area contributed by atoms with Crippen LogP contribution in [0.25, 0.3) is 0 Å². The molecule has 0 aromatic rings. The van der Waals surface area contributed by atoms with Crippen molar-refractivity contribution in [1.29, 1.82) is 0 Å². The van der Waals surface area contributed by atoms with Crippen LogP contribution in [0, 0.1) is 0 Å². The van der Waals surface area contributed by atoms with Gasteiger partial charge in [0.15, 0.2) is 0 Å². The predicted octanol–water partition coefficient (Wildman–Crippen LogP) is -0.289. The number of carbonyl (C=O) groups is 2. The van der Waals surface area contributed by atoms with E-state index in [1.54, 1.807) is 0 Å². The summed E-state index contributed by atoms with van der Waals surface area (Å²) in [6.45, 7) is 0.319. The van der Waals surface area contributed by atoms with E-state index in [0.29, 0.717) is 0 Å². The van der Waals surface area contributed by atoms with Crippen molar-refractivity contribution in [3.8, 4) is 0 Å². The molecule has 1 aliphatic heterocycles. The summed E-state index contributed by atoms with van der Waals surface area (Å²) in [5.74, 6) is 0. The maximum Gasteiger partial charge on any atom is 0.407 e. The zero-order chi connectivity index (χ0) is 11.4. The average Bonchev–Trinajstić information content (AvgIpc) is 2.17. The number of hydrogen-bond donors (Lipinski definition) is 3. The number of aliphatic hydroxyl groups is 1.